The molecular weight excluding hydrogens is 475 g/mol. The summed E-state index contributed by atoms with van der Waals surface area (Å²) in [6.45, 7) is 2.76. The second kappa shape index (κ2) is 9.42. The van der Waals surface area contributed by atoms with E-state index in [-0.39, 0.29) is 0 Å². The van der Waals surface area contributed by atoms with Gasteiger partial charge in [0.15, 0.2) is 0 Å². The average Bonchev–Trinajstić information content (AvgIpc) is 2.85. The average molecular weight is 527 g/mol. The first-order chi connectivity index (χ1) is 18.2. The van der Waals surface area contributed by atoms with Crippen molar-refractivity contribution < 1.29 is 13.6 Å². The Morgan fingerprint density at radius 2 is 0.541 bits per heavy atom. The predicted molar refractivity (Wildman–Crippen MR) is 146 cm³/mol. The van der Waals surface area contributed by atoms with Gasteiger partial charge in [0, 0.05) is 0 Å². The topological polar surface area (TPSA) is 27.7 Å². The molecule has 0 spiro atoms. The van der Waals surface area contributed by atoms with E-state index in [0.29, 0.717) is 0 Å². The summed E-state index contributed by atoms with van der Waals surface area (Å²) in [4.78, 5) is 0. The highest BCUT2D eigenvalue weighted by Crippen LogP contribution is 2.61. The molecule has 12 aliphatic carbocycles. The highest BCUT2D eigenvalue weighted by atomic mass is 31.2. The van der Waals surface area contributed by atoms with Gasteiger partial charge in [0.05, 0.1) is 19.8 Å². The summed E-state index contributed by atoms with van der Waals surface area (Å²) in [5, 5.41) is 0. The normalized spacial score (nSPS) is 56.9. The van der Waals surface area contributed by atoms with Gasteiger partial charge >= 0.3 is 8.60 Å². The molecule has 0 unspecified atom stereocenters. The van der Waals surface area contributed by atoms with E-state index in [1.165, 1.54) is 96.3 Å². The molecule has 12 aliphatic rings. The molecule has 0 atom stereocenters. The maximum atomic E-state index is 6.77. The zero-order chi connectivity index (χ0) is 24.1. The van der Waals surface area contributed by atoms with Gasteiger partial charge in [-0.2, -0.15) is 0 Å². The first-order valence-corrected chi connectivity index (χ1v) is 18.0. The zero-order valence-electron chi connectivity index (χ0n) is 23.1. The number of hydrogen-bond acceptors (Lipinski definition) is 3. The van der Waals surface area contributed by atoms with E-state index in [9.17, 15) is 0 Å². The van der Waals surface area contributed by atoms with Crippen molar-refractivity contribution in [1.82, 2.24) is 0 Å². The summed E-state index contributed by atoms with van der Waals surface area (Å²) < 4.78 is 20.3. The lowest BCUT2D eigenvalue weighted by atomic mass is 9.52. The van der Waals surface area contributed by atoms with Crippen molar-refractivity contribution in [2.24, 2.45) is 88.8 Å². The molecule has 12 bridgehead atoms. The first-order valence-electron chi connectivity index (χ1n) is 16.9. The van der Waals surface area contributed by atoms with Gasteiger partial charge in [0.1, 0.15) is 0 Å². The minimum atomic E-state index is -1.19. The van der Waals surface area contributed by atoms with Crippen LogP contribution in [-0.4, -0.2) is 19.8 Å². The predicted octanol–water partition coefficient (Wildman–Crippen LogP) is 8.48. The Morgan fingerprint density at radius 1 is 0.324 bits per heavy atom. The molecule has 0 radical (unpaired) electrons. The third kappa shape index (κ3) is 4.33. The van der Waals surface area contributed by atoms with Crippen LogP contribution in [0.4, 0.5) is 0 Å². The fourth-order valence-corrected chi connectivity index (χ4v) is 14.6. The molecule has 0 aromatic carbocycles. The van der Waals surface area contributed by atoms with Crippen LogP contribution in [0, 0.1) is 88.8 Å². The lowest BCUT2D eigenvalue weighted by molar-refractivity contribution is -0.0718. The van der Waals surface area contributed by atoms with Gasteiger partial charge in [0.25, 0.3) is 0 Å². The van der Waals surface area contributed by atoms with Crippen LogP contribution in [0.2, 0.25) is 0 Å². The van der Waals surface area contributed by atoms with Crippen LogP contribution >= 0.6 is 8.60 Å². The van der Waals surface area contributed by atoms with E-state index in [1.54, 1.807) is 0 Å². The summed E-state index contributed by atoms with van der Waals surface area (Å²) in [6, 6.07) is 0. The molecule has 0 aliphatic heterocycles. The standard InChI is InChI=1S/C33H51O3P/c1-19-4-25-6-20(1)7-26(5-19)31(25)16-34-37(35-17-32-27-8-21-2-22(10-27)11-28(32)9-21)36-18-33-29-12-23-3-24(14-29)15-30(33)13-23/h19-33H,1-18H2. The Balaban J connectivity index is 0.864. The van der Waals surface area contributed by atoms with E-state index in [1.807, 2.05) is 0 Å². The monoisotopic (exact) mass is 526 g/mol. The van der Waals surface area contributed by atoms with E-state index in [2.05, 4.69) is 0 Å². The molecule has 0 saturated heterocycles. The van der Waals surface area contributed by atoms with E-state index < -0.39 is 8.60 Å². The zero-order valence-corrected chi connectivity index (χ0v) is 24.0. The molecule has 0 amide bonds. The highest BCUT2D eigenvalue weighted by molar-refractivity contribution is 7.41. The SMILES string of the molecule is C1C2CC3CC1CC(C2)C3COP(OCC1C2CC3CC(C2)CC1C3)OCC1C2CC3CC(C2)CC1C3. The Hall–Kier alpha value is 0.310. The number of hydrogen-bond donors (Lipinski definition) is 0. The second-order valence-electron chi connectivity index (χ2n) is 16.4. The van der Waals surface area contributed by atoms with Crippen molar-refractivity contribution in [3.05, 3.63) is 0 Å². The molecule has 0 aromatic heterocycles. The molecule has 0 heterocycles. The van der Waals surface area contributed by atoms with Crippen LogP contribution in [-0.2, 0) is 13.6 Å². The van der Waals surface area contributed by atoms with Crippen molar-refractivity contribution in [3.63, 3.8) is 0 Å². The maximum Gasteiger partial charge on any atom is 0.332 e. The van der Waals surface area contributed by atoms with Crippen LogP contribution < -0.4 is 0 Å². The minimum absolute atomic E-state index is 0.785. The second-order valence-corrected chi connectivity index (χ2v) is 17.6. The molecule has 12 fully saturated rings. The quantitative estimate of drug-likeness (QED) is 0.282. The third-order valence-electron chi connectivity index (χ3n) is 14.4. The molecule has 0 N–H and O–H groups in total. The van der Waals surface area contributed by atoms with Crippen molar-refractivity contribution in [2.45, 2.75) is 96.3 Å². The van der Waals surface area contributed by atoms with Crippen LogP contribution in [0.1, 0.15) is 96.3 Å². The lowest BCUT2D eigenvalue weighted by Gasteiger charge is -2.55. The summed E-state index contributed by atoms with van der Waals surface area (Å²) in [5.74, 6) is 14.2. The van der Waals surface area contributed by atoms with E-state index in [0.717, 1.165) is 109 Å². The van der Waals surface area contributed by atoms with Gasteiger partial charge in [0.2, 0.25) is 0 Å². The van der Waals surface area contributed by atoms with Gasteiger partial charge in [-0.15, -0.1) is 0 Å². The third-order valence-corrected chi connectivity index (χ3v) is 15.5. The van der Waals surface area contributed by atoms with Gasteiger partial charge in [-0.3, -0.25) is 0 Å². The molecule has 37 heavy (non-hydrogen) atoms. The van der Waals surface area contributed by atoms with Gasteiger partial charge in [-0.25, -0.2) is 0 Å². The van der Waals surface area contributed by atoms with Gasteiger partial charge in [-0.05, 0) is 185 Å². The highest BCUT2D eigenvalue weighted by Gasteiger charge is 2.51. The van der Waals surface area contributed by atoms with Crippen molar-refractivity contribution in [2.75, 3.05) is 19.8 Å². The summed E-state index contributed by atoms with van der Waals surface area (Å²) >= 11 is 0. The molecular formula is C33H51O3P. The lowest BCUT2D eigenvalue weighted by Crippen LogP contribution is -2.47. The molecule has 12 saturated carbocycles. The Bertz CT molecular complexity index is 665. The summed E-state index contributed by atoms with van der Waals surface area (Å²) in [6.07, 6.45) is 22.5. The van der Waals surface area contributed by atoms with E-state index >= 15 is 0 Å². The van der Waals surface area contributed by atoms with Crippen molar-refractivity contribution in [1.29, 1.82) is 0 Å². The van der Waals surface area contributed by atoms with Crippen LogP contribution in [0.15, 0.2) is 0 Å². The van der Waals surface area contributed by atoms with Gasteiger partial charge < -0.3 is 13.6 Å². The largest absolute Gasteiger partial charge is 0.332 e. The Labute approximate surface area is 226 Å². The van der Waals surface area contributed by atoms with Crippen LogP contribution in [0.25, 0.3) is 0 Å². The Kier molecular flexibility index (Phi) is 6.10. The summed E-state index contributed by atoms with van der Waals surface area (Å²) in [5.41, 5.74) is 0. The van der Waals surface area contributed by atoms with Gasteiger partial charge in [-0.1, -0.05) is 0 Å². The minimum Gasteiger partial charge on any atom is -0.312 e. The summed E-state index contributed by atoms with van der Waals surface area (Å²) in [7, 11) is -1.19. The maximum absolute atomic E-state index is 6.77. The van der Waals surface area contributed by atoms with Crippen LogP contribution in [0.5, 0.6) is 0 Å². The fraction of sp³-hybridized carbons (Fsp3) is 1.00. The first kappa shape index (κ1) is 24.0. The molecule has 206 valence electrons. The fourth-order valence-electron chi connectivity index (χ4n) is 13.5. The smallest absolute Gasteiger partial charge is 0.312 e. The van der Waals surface area contributed by atoms with E-state index in [4.69, 9.17) is 13.6 Å². The molecule has 3 nitrogen and oxygen atoms in total. The van der Waals surface area contributed by atoms with Crippen molar-refractivity contribution in [3.8, 4) is 0 Å². The number of rotatable bonds is 9. The molecule has 0 aromatic rings. The van der Waals surface area contributed by atoms with Crippen molar-refractivity contribution >= 4 is 8.60 Å². The molecule has 4 heteroatoms. The Morgan fingerprint density at radius 3 is 0.757 bits per heavy atom. The molecule has 12 rings (SSSR count). The van der Waals surface area contributed by atoms with Crippen LogP contribution in [0.3, 0.4) is 0 Å².